The van der Waals surface area contributed by atoms with Crippen LogP contribution >= 0.6 is 0 Å². The van der Waals surface area contributed by atoms with Crippen LogP contribution in [-0.2, 0) is 6.42 Å². The fraction of sp³-hybridized carbons (Fsp3) is 0.286. The first kappa shape index (κ1) is 14.2. The van der Waals surface area contributed by atoms with Crippen molar-refractivity contribution < 1.29 is 19.0 Å². The first-order chi connectivity index (χ1) is 9.63. The van der Waals surface area contributed by atoms with Gasteiger partial charge < -0.3 is 14.6 Å². The lowest BCUT2D eigenvalue weighted by atomic mass is 10.1. The molecule has 1 aromatic heterocycles. The number of aromatic nitrogens is 2. The summed E-state index contributed by atoms with van der Waals surface area (Å²) in [5.74, 6) is 0.0851. The lowest BCUT2D eigenvalue weighted by molar-refractivity contribution is 0.172. The molecule has 0 aliphatic heterocycles. The molecule has 0 spiro atoms. The van der Waals surface area contributed by atoms with Gasteiger partial charge in [0.25, 0.3) is 0 Å². The summed E-state index contributed by atoms with van der Waals surface area (Å²) < 4.78 is 23.3. The van der Waals surface area contributed by atoms with Gasteiger partial charge in [-0.1, -0.05) is 6.07 Å². The molecule has 0 saturated heterocycles. The maximum Gasteiger partial charge on any atom is 0.233 e. The van der Waals surface area contributed by atoms with E-state index >= 15 is 0 Å². The van der Waals surface area contributed by atoms with Gasteiger partial charge in [-0.2, -0.15) is 0 Å². The standard InChI is InChI=1S/C14H15FN2O3/c1-19-13-5-3-9(7-10(13)15)8-12(18)11-4-6-14(20-2)17-16-11/h3-7,12,18H,8H2,1-2H3. The Morgan fingerprint density at radius 2 is 1.95 bits per heavy atom. The fourth-order valence-electron chi connectivity index (χ4n) is 1.78. The number of hydrogen-bond acceptors (Lipinski definition) is 5. The predicted octanol–water partition coefficient (Wildman–Crippen LogP) is 1.91. The van der Waals surface area contributed by atoms with Gasteiger partial charge in [-0.05, 0) is 23.8 Å². The van der Waals surface area contributed by atoms with Crippen LogP contribution in [0.15, 0.2) is 30.3 Å². The molecule has 0 amide bonds. The summed E-state index contributed by atoms with van der Waals surface area (Å²) in [7, 11) is 2.89. The van der Waals surface area contributed by atoms with Crippen LogP contribution in [0.2, 0.25) is 0 Å². The van der Waals surface area contributed by atoms with Gasteiger partial charge in [0.05, 0.1) is 19.9 Å². The largest absolute Gasteiger partial charge is 0.494 e. The molecule has 5 nitrogen and oxygen atoms in total. The molecule has 0 saturated carbocycles. The molecule has 1 heterocycles. The first-order valence-corrected chi connectivity index (χ1v) is 6.02. The van der Waals surface area contributed by atoms with Gasteiger partial charge >= 0.3 is 0 Å². The number of rotatable bonds is 5. The summed E-state index contributed by atoms with van der Waals surface area (Å²) >= 11 is 0. The van der Waals surface area contributed by atoms with Crippen LogP contribution in [0, 0.1) is 5.82 Å². The molecule has 0 fully saturated rings. The average molecular weight is 278 g/mol. The van der Waals surface area contributed by atoms with Crippen molar-refractivity contribution in [1.82, 2.24) is 10.2 Å². The molecule has 106 valence electrons. The third kappa shape index (κ3) is 3.21. The van der Waals surface area contributed by atoms with Gasteiger partial charge in [-0.15, -0.1) is 10.2 Å². The molecule has 0 bridgehead atoms. The monoisotopic (exact) mass is 278 g/mol. The molecule has 1 atom stereocenters. The van der Waals surface area contributed by atoms with Gasteiger partial charge in [0.1, 0.15) is 6.10 Å². The average Bonchev–Trinajstić information content (AvgIpc) is 2.47. The summed E-state index contributed by atoms with van der Waals surface area (Å²) in [5.41, 5.74) is 1.05. The van der Waals surface area contributed by atoms with Gasteiger partial charge in [0.15, 0.2) is 11.6 Å². The quantitative estimate of drug-likeness (QED) is 0.905. The summed E-state index contributed by atoms with van der Waals surface area (Å²) in [6, 6.07) is 7.79. The Bertz CT molecular complexity index is 575. The third-order valence-corrected chi connectivity index (χ3v) is 2.86. The van der Waals surface area contributed by atoms with Gasteiger partial charge in [-0.25, -0.2) is 4.39 Å². The Kier molecular flexibility index (Phi) is 4.47. The van der Waals surface area contributed by atoms with E-state index in [1.54, 1.807) is 18.2 Å². The molecule has 1 N–H and O–H groups in total. The molecule has 2 rings (SSSR count). The second-order valence-corrected chi connectivity index (χ2v) is 4.19. The third-order valence-electron chi connectivity index (χ3n) is 2.86. The highest BCUT2D eigenvalue weighted by Crippen LogP contribution is 2.22. The Balaban J connectivity index is 2.10. The van der Waals surface area contributed by atoms with Crippen molar-refractivity contribution in [2.45, 2.75) is 12.5 Å². The number of benzene rings is 1. The Morgan fingerprint density at radius 3 is 2.50 bits per heavy atom. The molecular formula is C14H15FN2O3. The lowest BCUT2D eigenvalue weighted by Crippen LogP contribution is -2.06. The first-order valence-electron chi connectivity index (χ1n) is 6.02. The fourth-order valence-corrected chi connectivity index (χ4v) is 1.78. The topological polar surface area (TPSA) is 64.5 Å². The second kappa shape index (κ2) is 6.29. The molecule has 0 aliphatic rings. The number of halogens is 1. The van der Waals surface area contributed by atoms with E-state index in [1.165, 1.54) is 26.4 Å². The predicted molar refractivity (Wildman–Crippen MR) is 70.2 cm³/mol. The van der Waals surface area contributed by atoms with Gasteiger partial charge in [0.2, 0.25) is 5.88 Å². The van der Waals surface area contributed by atoms with Crippen molar-refractivity contribution >= 4 is 0 Å². The summed E-state index contributed by atoms with van der Waals surface area (Å²) in [5, 5.41) is 17.7. The minimum atomic E-state index is -0.860. The molecule has 1 unspecified atom stereocenters. The zero-order valence-electron chi connectivity index (χ0n) is 11.2. The van der Waals surface area contributed by atoms with E-state index < -0.39 is 11.9 Å². The SMILES string of the molecule is COc1ccc(C(O)Cc2ccc(OC)c(F)c2)nn1. The van der Waals surface area contributed by atoms with Crippen molar-refractivity contribution in [1.29, 1.82) is 0 Å². The van der Waals surface area contributed by atoms with E-state index in [9.17, 15) is 9.50 Å². The summed E-state index contributed by atoms with van der Waals surface area (Å²) in [6.45, 7) is 0. The van der Waals surface area contributed by atoms with E-state index in [0.717, 1.165) is 0 Å². The normalized spacial score (nSPS) is 12.0. The van der Waals surface area contributed by atoms with Crippen LogP contribution in [0.1, 0.15) is 17.4 Å². The summed E-state index contributed by atoms with van der Waals surface area (Å²) in [4.78, 5) is 0. The smallest absolute Gasteiger partial charge is 0.233 e. The van der Waals surface area contributed by atoms with Crippen LogP contribution in [0.5, 0.6) is 11.6 Å². The zero-order chi connectivity index (χ0) is 14.5. The second-order valence-electron chi connectivity index (χ2n) is 4.19. The molecule has 6 heteroatoms. The van der Waals surface area contributed by atoms with Crippen molar-refractivity contribution in [3.8, 4) is 11.6 Å². The highest BCUT2D eigenvalue weighted by atomic mass is 19.1. The number of aliphatic hydroxyl groups excluding tert-OH is 1. The zero-order valence-corrected chi connectivity index (χ0v) is 11.2. The molecule has 1 aromatic carbocycles. The minimum Gasteiger partial charge on any atom is -0.494 e. The van der Waals surface area contributed by atoms with E-state index in [0.29, 0.717) is 17.1 Å². The number of hydrogen-bond donors (Lipinski definition) is 1. The van der Waals surface area contributed by atoms with Crippen LogP contribution in [0.4, 0.5) is 4.39 Å². The lowest BCUT2D eigenvalue weighted by Gasteiger charge is -2.11. The maximum atomic E-state index is 13.6. The molecule has 20 heavy (non-hydrogen) atoms. The van der Waals surface area contributed by atoms with Gasteiger partial charge in [-0.3, -0.25) is 0 Å². The van der Waals surface area contributed by atoms with Crippen molar-refractivity contribution in [2.75, 3.05) is 14.2 Å². The number of methoxy groups -OCH3 is 2. The number of nitrogens with zero attached hydrogens (tertiary/aromatic N) is 2. The molecule has 2 aromatic rings. The highest BCUT2D eigenvalue weighted by Gasteiger charge is 2.13. The molecule has 0 radical (unpaired) electrons. The van der Waals surface area contributed by atoms with Crippen molar-refractivity contribution in [3.05, 3.63) is 47.4 Å². The minimum absolute atomic E-state index is 0.174. The Labute approximate surface area is 116 Å². The Hall–Kier alpha value is -2.21. The Morgan fingerprint density at radius 1 is 1.15 bits per heavy atom. The highest BCUT2D eigenvalue weighted by molar-refractivity contribution is 5.30. The number of aliphatic hydroxyl groups is 1. The van der Waals surface area contributed by atoms with Crippen molar-refractivity contribution in [3.63, 3.8) is 0 Å². The molecule has 0 aliphatic carbocycles. The summed E-state index contributed by atoms with van der Waals surface area (Å²) in [6.07, 6.45) is -0.622. The maximum absolute atomic E-state index is 13.6. The van der Waals surface area contributed by atoms with E-state index in [4.69, 9.17) is 9.47 Å². The van der Waals surface area contributed by atoms with E-state index in [2.05, 4.69) is 10.2 Å². The van der Waals surface area contributed by atoms with E-state index in [1.807, 2.05) is 0 Å². The molecular weight excluding hydrogens is 263 g/mol. The van der Waals surface area contributed by atoms with Gasteiger partial charge in [0, 0.05) is 12.5 Å². The van der Waals surface area contributed by atoms with E-state index in [-0.39, 0.29) is 12.2 Å². The van der Waals surface area contributed by atoms with Crippen LogP contribution in [-0.4, -0.2) is 29.5 Å². The van der Waals surface area contributed by atoms with Crippen molar-refractivity contribution in [2.24, 2.45) is 0 Å². The number of ether oxygens (including phenoxy) is 2. The van der Waals surface area contributed by atoms with Crippen LogP contribution < -0.4 is 9.47 Å². The van der Waals surface area contributed by atoms with Crippen LogP contribution in [0.3, 0.4) is 0 Å². The van der Waals surface area contributed by atoms with Crippen LogP contribution in [0.25, 0.3) is 0 Å².